The fraction of sp³-hybridized carbons (Fsp3) is 0.417. The van der Waals surface area contributed by atoms with Crippen molar-refractivity contribution in [3.63, 3.8) is 0 Å². The lowest BCUT2D eigenvalue weighted by Crippen LogP contribution is -2.08. The quantitative estimate of drug-likeness (QED) is 0.799. The van der Waals surface area contributed by atoms with E-state index in [2.05, 4.69) is 5.32 Å². The average Bonchev–Trinajstić information content (AvgIpc) is 2.19. The molecule has 0 aliphatic carbocycles. The minimum Gasteiger partial charge on any atom is -0.388 e. The Balaban J connectivity index is 2.99. The van der Waals surface area contributed by atoms with Gasteiger partial charge in [-0.05, 0) is 30.5 Å². The molecule has 0 heterocycles. The standard InChI is InChI=1S/C12H17NO2/c1-4-12(15)10-6-5-8(2)11(7-10)13-9(3)14/h5-7,12,15H,4H2,1-3H3,(H,13,14)/t12-/m1/s1. The summed E-state index contributed by atoms with van der Waals surface area (Å²) in [6, 6.07) is 5.61. The number of benzene rings is 1. The van der Waals surface area contributed by atoms with Crippen LogP contribution in [0.1, 0.15) is 37.5 Å². The van der Waals surface area contributed by atoms with E-state index in [4.69, 9.17) is 0 Å². The van der Waals surface area contributed by atoms with Gasteiger partial charge in [-0.2, -0.15) is 0 Å². The van der Waals surface area contributed by atoms with Gasteiger partial charge < -0.3 is 10.4 Å². The first-order valence-corrected chi connectivity index (χ1v) is 5.10. The summed E-state index contributed by atoms with van der Waals surface area (Å²) < 4.78 is 0. The summed E-state index contributed by atoms with van der Waals surface area (Å²) in [7, 11) is 0. The Morgan fingerprint density at radius 2 is 2.20 bits per heavy atom. The topological polar surface area (TPSA) is 49.3 Å². The molecular weight excluding hydrogens is 190 g/mol. The molecule has 3 nitrogen and oxygen atoms in total. The van der Waals surface area contributed by atoms with Gasteiger partial charge in [0.15, 0.2) is 0 Å². The fourth-order valence-corrected chi connectivity index (χ4v) is 1.41. The predicted octanol–water partition coefficient (Wildman–Crippen LogP) is 2.40. The number of carbonyl (C=O) groups is 1. The molecule has 0 spiro atoms. The first-order valence-electron chi connectivity index (χ1n) is 5.10. The molecule has 0 saturated heterocycles. The van der Waals surface area contributed by atoms with Gasteiger partial charge in [-0.1, -0.05) is 19.1 Å². The largest absolute Gasteiger partial charge is 0.388 e. The van der Waals surface area contributed by atoms with E-state index in [-0.39, 0.29) is 5.91 Å². The van der Waals surface area contributed by atoms with Crippen molar-refractivity contribution in [3.05, 3.63) is 29.3 Å². The van der Waals surface area contributed by atoms with Crippen LogP contribution in [-0.2, 0) is 4.79 Å². The molecule has 1 rings (SSSR count). The van der Waals surface area contributed by atoms with E-state index >= 15 is 0 Å². The minimum atomic E-state index is -0.460. The van der Waals surface area contributed by atoms with E-state index in [1.54, 1.807) is 0 Å². The average molecular weight is 207 g/mol. The van der Waals surface area contributed by atoms with Crippen molar-refractivity contribution >= 4 is 11.6 Å². The van der Waals surface area contributed by atoms with Crippen molar-refractivity contribution in [2.75, 3.05) is 5.32 Å². The van der Waals surface area contributed by atoms with E-state index in [1.165, 1.54) is 6.92 Å². The molecule has 82 valence electrons. The van der Waals surface area contributed by atoms with Crippen molar-refractivity contribution in [2.45, 2.75) is 33.3 Å². The van der Waals surface area contributed by atoms with E-state index < -0.39 is 6.10 Å². The van der Waals surface area contributed by atoms with Crippen LogP contribution in [0, 0.1) is 6.92 Å². The third-order valence-corrected chi connectivity index (χ3v) is 2.34. The predicted molar refractivity (Wildman–Crippen MR) is 60.7 cm³/mol. The minimum absolute atomic E-state index is 0.0961. The fourth-order valence-electron chi connectivity index (χ4n) is 1.41. The Kier molecular flexibility index (Phi) is 3.86. The number of rotatable bonds is 3. The number of amides is 1. The smallest absolute Gasteiger partial charge is 0.221 e. The SMILES string of the molecule is CC[C@@H](O)c1ccc(C)c(NC(C)=O)c1. The number of aryl methyl sites for hydroxylation is 1. The first kappa shape index (κ1) is 11.7. The molecule has 0 radical (unpaired) electrons. The number of anilines is 1. The van der Waals surface area contributed by atoms with Gasteiger partial charge in [0.1, 0.15) is 0 Å². The number of hydrogen-bond acceptors (Lipinski definition) is 2. The van der Waals surface area contributed by atoms with Crippen molar-refractivity contribution in [1.82, 2.24) is 0 Å². The Labute approximate surface area is 90.1 Å². The maximum Gasteiger partial charge on any atom is 0.221 e. The summed E-state index contributed by atoms with van der Waals surface area (Å²) >= 11 is 0. The van der Waals surface area contributed by atoms with Gasteiger partial charge in [0.05, 0.1) is 6.10 Å². The Morgan fingerprint density at radius 1 is 1.53 bits per heavy atom. The second-order valence-corrected chi connectivity index (χ2v) is 3.68. The zero-order valence-corrected chi connectivity index (χ0v) is 9.37. The maximum atomic E-state index is 10.9. The van der Waals surface area contributed by atoms with Gasteiger partial charge in [0, 0.05) is 12.6 Å². The lowest BCUT2D eigenvalue weighted by molar-refractivity contribution is -0.114. The second-order valence-electron chi connectivity index (χ2n) is 3.68. The molecule has 2 N–H and O–H groups in total. The number of aliphatic hydroxyl groups is 1. The summed E-state index contributed by atoms with van der Waals surface area (Å²) in [5, 5.41) is 12.4. The zero-order valence-electron chi connectivity index (χ0n) is 9.37. The summed E-state index contributed by atoms with van der Waals surface area (Å²) in [6.07, 6.45) is 0.209. The number of aliphatic hydroxyl groups excluding tert-OH is 1. The van der Waals surface area contributed by atoms with Gasteiger partial charge >= 0.3 is 0 Å². The van der Waals surface area contributed by atoms with Crippen LogP contribution < -0.4 is 5.32 Å². The van der Waals surface area contributed by atoms with Crippen molar-refractivity contribution in [1.29, 1.82) is 0 Å². The molecule has 1 aromatic rings. The molecule has 0 fully saturated rings. The highest BCUT2D eigenvalue weighted by molar-refractivity contribution is 5.89. The van der Waals surface area contributed by atoms with Crippen LogP contribution in [0.25, 0.3) is 0 Å². The third-order valence-electron chi connectivity index (χ3n) is 2.34. The van der Waals surface area contributed by atoms with Crippen LogP contribution in [0.2, 0.25) is 0 Å². The first-order chi connectivity index (χ1) is 7.04. The second kappa shape index (κ2) is 4.94. The normalized spacial score (nSPS) is 12.3. The van der Waals surface area contributed by atoms with Crippen molar-refractivity contribution in [3.8, 4) is 0 Å². The molecule has 0 bridgehead atoms. The van der Waals surface area contributed by atoms with E-state index in [0.717, 1.165) is 16.8 Å². The summed E-state index contributed by atoms with van der Waals surface area (Å²) in [4.78, 5) is 10.9. The van der Waals surface area contributed by atoms with Gasteiger partial charge in [-0.15, -0.1) is 0 Å². The summed E-state index contributed by atoms with van der Waals surface area (Å²) in [6.45, 7) is 5.32. The maximum absolute atomic E-state index is 10.9. The van der Waals surface area contributed by atoms with Crippen LogP contribution >= 0.6 is 0 Å². The van der Waals surface area contributed by atoms with Crippen molar-refractivity contribution in [2.24, 2.45) is 0 Å². The number of carbonyl (C=O) groups excluding carboxylic acids is 1. The van der Waals surface area contributed by atoms with E-state index in [9.17, 15) is 9.90 Å². The molecule has 0 aliphatic rings. The summed E-state index contributed by atoms with van der Waals surface area (Å²) in [5.41, 5.74) is 2.61. The summed E-state index contributed by atoms with van der Waals surface area (Å²) in [5.74, 6) is -0.0961. The van der Waals surface area contributed by atoms with Gasteiger partial charge in [0.25, 0.3) is 0 Å². The number of nitrogens with one attached hydrogen (secondary N) is 1. The zero-order chi connectivity index (χ0) is 11.4. The molecule has 0 unspecified atom stereocenters. The Hall–Kier alpha value is -1.35. The molecule has 0 aliphatic heterocycles. The van der Waals surface area contributed by atoms with Crippen LogP contribution in [0.3, 0.4) is 0 Å². The van der Waals surface area contributed by atoms with E-state index in [1.807, 2.05) is 32.0 Å². The van der Waals surface area contributed by atoms with Gasteiger partial charge in [0.2, 0.25) is 5.91 Å². The molecule has 1 amide bonds. The Bertz CT molecular complexity index is 361. The highest BCUT2D eigenvalue weighted by Gasteiger charge is 2.07. The molecular formula is C12H17NO2. The molecule has 1 aromatic carbocycles. The van der Waals surface area contributed by atoms with Gasteiger partial charge in [-0.25, -0.2) is 0 Å². The highest BCUT2D eigenvalue weighted by atomic mass is 16.3. The Morgan fingerprint density at radius 3 is 2.73 bits per heavy atom. The third kappa shape index (κ3) is 3.06. The lowest BCUT2D eigenvalue weighted by Gasteiger charge is -2.12. The molecule has 15 heavy (non-hydrogen) atoms. The molecule has 1 atom stereocenters. The monoisotopic (exact) mass is 207 g/mol. The number of hydrogen-bond donors (Lipinski definition) is 2. The van der Waals surface area contributed by atoms with Crippen LogP contribution in [0.15, 0.2) is 18.2 Å². The highest BCUT2D eigenvalue weighted by Crippen LogP contribution is 2.23. The van der Waals surface area contributed by atoms with Crippen LogP contribution in [-0.4, -0.2) is 11.0 Å². The van der Waals surface area contributed by atoms with E-state index in [0.29, 0.717) is 6.42 Å². The molecule has 0 saturated carbocycles. The van der Waals surface area contributed by atoms with Crippen LogP contribution in [0.5, 0.6) is 0 Å². The molecule has 3 heteroatoms. The lowest BCUT2D eigenvalue weighted by atomic mass is 10.0. The van der Waals surface area contributed by atoms with Crippen LogP contribution in [0.4, 0.5) is 5.69 Å². The molecule has 0 aromatic heterocycles. The van der Waals surface area contributed by atoms with Crippen molar-refractivity contribution < 1.29 is 9.90 Å². The van der Waals surface area contributed by atoms with Gasteiger partial charge in [-0.3, -0.25) is 4.79 Å².